The van der Waals surface area contributed by atoms with Crippen LogP contribution in [0.25, 0.3) is 0 Å². The first-order valence-electron chi connectivity index (χ1n) is 9.59. The maximum absolute atomic E-state index is 11.3. The lowest BCUT2D eigenvalue weighted by molar-refractivity contribution is -0.138. The van der Waals surface area contributed by atoms with E-state index in [0.29, 0.717) is 23.5 Å². The number of hydrogen-bond donors (Lipinski definition) is 0. The van der Waals surface area contributed by atoms with Crippen molar-refractivity contribution in [1.82, 2.24) is 0 Å². The third kappa shape index (κ3) is 6.26. The normalized spacial score (nSPS) is 16.6. The Morgan fingerprint density at radius 1 is 1.00 bits per heavy atom. The number of epoxide rings is 1. The maximum Gasteiger partial charge on any atom is 0.333 e. The molecule has 0 radical (unpaired) electrons. The van der Waals surface area contributed by atoms with E-state index in [4.69, 9.17) is 18.9 Å². The van der Waals surface area contributed by atoms with Crippen LogP contribution in [0.1, 0.15) is 25.8 Å². The van der Waals surface area contributed by atoms with E-state index in [1.54, 1.807) is 6.92 Å². The van der Waals surface area contributed by atoms with Gasteiger partial charge in [-0.15, -0.1) is 0 Å². The summed E-state index contributed by atoms with van der Waals surface area (Å²) in [6.45, 7) is 11.2. The Morgan fingerprint density at radius 2 is 1.60 bits per heavy atom. The molecule has 1 saturated heterocycles. The van der Waals surface area contributed by atoms with Gasteiger partial charge in [0.05, 0.1) is 0 Å². The Hall–Kier alpha value is -3.49. The van der Waals surface area contributed by atoms with Crippen LogP contribution in [0.4, 0.5) is 0 Å². The monoisotopic (exact) mass is 404 g/mol. The van der Waals surface area contributed by atoms with Crippen molar-refractivity contribution in [3.8, 4) is 29.1 Å². The summed E-state index contributed by atoms with van der Waals surface area (Å²) in [6, 6.07) is 14.8. The number of hydrogen-bond acceptors (Lipinski definition) is 5. The van der Waals surface area contributed by atoms with Gasteiger partial charge in [0.1, 0.15) is 30.0 Å². The largest absolute Gasteiger partial charge is 0.462 e. The van der Waals surface area contributed by atoms with Crippen LogP contribution in [0.15, 0.2) is 72.8 Å². The zero-order valence-corrected chi connectivity index (χ0v) is 17.1. The topological polar surface area (TPSA) is 57.3 Å². The van der Waals surface area contributed by atoms with Crippen molar-refractivity contribution < 1.29 is 23.7 Å². The van der Waals surface area contributed by atoms with Crippen molar-refractivity contribution in [3.63, 3.8) is 0 Å². The molecule has 2 unspecified atom stereocenters. The summed E-state index contributed by atoms with van der Waals surface area (Å²) in [4.78, 5) is 11.3. The molecular formula is C25H24O5. The molecule has 1 fully saturated rings. The van der Waals surface area contributed by atoms with Gasteiger partial charge in [0.2, 0.25) is 6.29 Å². The molecule has 5 nitrogen and oxygen atoms in total. The Balaban J connectivity index is 1.45. The van der Waals surface area contributed by atoms with E-state index in [0.717, 1.165) is 16.9 Å². The summed E-state index contributed by atoms with van der Waals surface area (Å²) in [5.41, 5.74) is 2.20. The second-order valence-electron chi connectivity index (χ2n) is 6.96. The van der Waals surface area contributed by atoms with Crippen molar-refractivity contribution in [1.29, 1.82) is 0 Å². The quantitative estimate of drug-likeness (QED) is 0.154. The lowest BCUT2D eigenvalue weighted by atomic mass is 10.2. The summed E-state index contributed by atoms with van der Waals surface area (Å²) in [5.74, 6) is 7.74. The van der Waals surface area contributed by atoms with Crippen LogP contribution in [0.3, 0.4) is 0 Å². The summed E-state index contributed by atoms with van der Waals surface area (Å²) in [7, 11) is 0. The SMILES string of the molecule is C=C(C)C(=O)OCCC#Cc1ccc(Oc2ccc(OC3OC3C(=C)C)cc2)cc1. The minimum Gasteiger partial charge on any atom is -0.462 e. The van der Waals surface area contributed by atoms with Gasteiger partial charge in [-0.05, 0) is 68.0 Å². The molecule has 2 aromatic carbocycles. The average Bonchev–Trinajstić information content (AvgIpc) is 3.50. The Kier molecular flexibility index (Phi) is 6.95. The number of esters is 1. The van der Waals surface area contributed by atoms with E-state index >= 15 is 0 Å². The average molecular weight is 404 g/mol. The number of carbonyl (C=O) groups is 1. The molecule has 0 saturated carbocycles. The zero-order valence-electron chi connectivity index (χ0n) is 17.1. The van der Waals surface area contributed by atoms with Crippen LogP contribution in [-0.4, -0.2) is 25.0 Å². The molecule has 1 aliphatic rings. The molecule has 1 aliphatic heterocycles. The van der Waals surface area contributed by atoms with Gasteiger partial charge in [-0.1, -0.05) is 25.0 Å². The van der Waals surface area contributed by atoms with Gasteiger partial charge in [-0.2, -0.15) is 0 Å². The Morgan fingerprint density at radius 3 is 2.17 bits per heavy atom. The highest BCUT2D eigenvalue weighted by Gasteiger charge is 2.41. The van der Waals surface area contributed by atoms with Gasteiger partial charge in [0.15, 0.2) is 0 Å². The van der Waals surface area contributed by atoms with Gasteiger partial charge < -0.3 is 18.9 Å². The molecule has 3 rings (SSSR count). The number of benzene rings is 2. The van der Waals surface area contributed by atoms with E-state index in [1.807, 2.05) is 55.5 Å². The zero-order chi connectivity index (χ0) is 21.5. The predicted octanol–water partition coefficient (Wildman–Crippen LogP) is 5.02. The van der Waals surface area contributed by atoms with Crippen molar-refractivity contribution >= 4 is 5.97 Å². The first kappa shape index (κ1) is 21.2. The highest BCUT2D eigenvalue weighted by Crippen LogP contribution is 2.32. The molecule has 0 N–H and O–H groups in total. The van der Waals surface area contributed by atoms with Crippen LogP contribution in [-0.2, 0) is 14.3 Å². The lowest BCUT2D eigenvalue weighted by Gasteiger charge is -2.07. The van der Waals surface area contributed by atoms with Gasteiger partial charge in [-0.25, -0.2) is 4.79 Å². The summed E-state index contributed by atoms with van der Waals surface area (Å²) >= 11 is 0. The molecule has 2 aromatic rings. The van der Waals surface area contributed by atoms with E-state index < -0.39 is 5.97 Å². The molecular weight excluding hydrogens is 380 g/mol. The number of carbonyl (C=O) groups excluding carboxylic acids is 1. The van der Waals surface area contributed by atoms with Crippen LogP contribution in [0.5, 0.6) is 17.2 Å². The fourth-order valence-corrected chi connectivity index (χ4v) is 2.48. The van der Waals surface area contributed by atoms with Crippen molar-refractivity contribution in [3.05, 3.63) is 78.4 Å². The lowest BCUT2D eigenvalue weighted by Crippen LogP contribution is -2.05. The predicted molar refractivity (Wildman–Crippen MR) is 114 cm³/mol. The molecule has 5 heteroatoms. The molecule has 0 aromatic heterocycles. The standard InChI is InChI=1S/C25H24O5/c1-17(2)23-25(30-23)29-22-14-12-21(13-15-22)28-20-10-8-19(9-11-20)7-5-6-16-27-24(26)18(3)4/h8-15,23,25H,1,3,6,16H2,2,4H3. The van der Waals surface area contributed by atoms with Crippen molar-refractivity contribution in [2.24, 2.45) is 0 Å². The van der Waals surface area contributed by atoms with Gasteiger partial charge in [0, 0.05) is 17.6 Å². The first-order valence-corrected chi connectivity index (χ1v) is 9.59. The molecule has 0 aliphatic carbocycles. The van der Waals surface area contributed by atoms with Gasteiger partial charge in [-0.3, -0.25) is 0 Å². The van der Waals surface area contributed by atoms with Gasteiger partial charge in [0.25, 0.3) is 0 Å². The van der Waals surface area contributed by atoms with E-state index in [1.165, 1.54) is 0 Å². The Labute approximate surface area is 176 Å². The van der Waals surface area contributed by atoms with Crippen molar-refractivity contribution in [2.45, 2.75) is 32.7 Å². The fraction of sp³-hybridized carbons (Fsp3) is 0.240. The van der Waals surface area contributed by atoms with E-state index in [-0.39, 0.29) is 19.0 Å². The Bertz CT molecular complexity index is 977. The van der Waals surface area contributed by atoms with E-state index in [2.05, 4.69) is 25.0 Å². The first-order chi connectivity index (χ1) is 14.4. The second kappa shape index (κ2) is 9.82. The number of rotatable bonds is 8. The molecule has 30 heavy (non-hydrogen) atoms. The summed E-state index contributed by atoms with van der Waals surface area (Å²) in [6.07, 6.45) is 0.194. The highest BCUT2D eigenvalue weighted by atomic mass is 16.8. The van der Waals surface area contributed by atoms with Crippen molar-refractivity contribution in [2.75, 3.05) is 6.61 Å². The molecule has 0 spiro atoms. The molecule has 154 valence electrons. The molecule has 1 heterocycles. The van der Waals surface area contributed by atoms with Crippen LogP contribution in [0.2, 0.25) is 0 Å². The third-order valence-electron chi connectivity index (χ3n) is 4.14. The van der Waals surface area contributed by atoms with Crippen LogP contribution >= 0.6 is 0 Å². The summed E-state index contributed by atoms with van der Waals surface area (Å²) in [5, 5.41) is 0. The van der Waals surface area contributed by atoms with Crippen LogP contribution in [0, 0.1) is 11.8 Å². The van der Waals surface area contributed by atoms with E-state index in [9.17, 15) is 4.79 Å². The minimum absolute atomic E-state index is 0.0195. The van der Waals surface area contributed by atoms with Crippen LogP contribution < -0.4 is 9.47 Å². The smallest absolute Gasteiger partial charge is 0.333 e. The molecule has 0 amide bonds. The maximum atomic E-state index is 11.3. The fourth-order valence-electron chi connectivity index (χ4n) is 2.48. The van der Waals surface area contributed by atoms with Gasteiger partial charge >= 0.3 is 5.97 Å². The number of ether oxygens (including phenoxy) is 4. The summed E-state index contributed by atoms with van der Waals surface area (Å²) < 4.78 is 21.9. The molecule has 0 bridgehead atoms. The minimum atomic E-state index is -0.394. The highest BCUT2D eigenvalue weighted by molar-refractivity contribution is 5.86. The second-order valence-corrected chi connectivity index (χ2v) is 6.96. The molecule has 2 atom stereocenters. The third-order valence-corrected chi connectivity index (χ3v) is 4.14.